The van der Waals surface area contributed by atoms with Crippen molar-refractivity contribution in [2.45, 2.75) is 6.92 Å². The molecule has 1 aromatic heterocycles. The summed E-state index contributed by atoms with van der Waals surface area (Å²) in [7, 11) is 0. The average Bonchev–Trinajstić information content (AvgIpc) is 2.05. The zero-order valence-corrected chi connectivity index (χ0v) is 6.60. The van der Waals surface area contributed by atoms with Crippen molar-refractivity contribution in [1.29, 1.82) is 0 Å². The maximum Gasteiger partial charge on any atom is 0.331 e. The summed E-state index contributed by atoms with van der Waals surface area (Å²) in [4.78, 5) is 18.5. The van der Waals surface area contributed by atoms with Crippen LogP contribution in [0, 0.1) is 0 Å². The van der Waals surface area contributed by atoms with Gasteiger partial charge in [0.05, 0.1) is 6.21 Å². The van der Waals surface area contributed by atoms with Gasteiger partial charge in [-0.15, -0.1) is 0 Å². The van der Waals surface area contributed by atoms with Gasteiger partial charge in [0, 0.05) is 19.3 Å². The molecule has 0 bridgehead atoms. The second-order valence-electron chi connectivity index (χ2n) is 2.10. The second-order valence-corrected chi connectivity index (χ2v) is 2.10. The van der Waals surface area contributed by atoms with E-state index in [1.54, 1.807) is 24.5 Å². The van der Waals surface area contributed by atoms with Crippen LogP contribution in [0.15, 0.2) is 29.7 Å². The van der Waals surface area contributed by atoms with E-state index in [9.17, 15) is 4.79 Å². The standard InChI is InChI=1S/C8H8N2O2/c1-7(11)12-10-6-8-2-4-9-5-3-8/h2-6H,1H3/b10-6+. The lowest BCUT2D eigenvalue weighted by Gasteiger charge is -1.89. The Morgan fingerprint density at radius 1 is 1.58 bits per heavy atom. The van der Waals surface area contributed by atoms with Gasteiger partial charge in [0.25, 0.3) is 0 Å². The lowest BCUT2D eigenvalue weighted by molar-refractivity contribution is -0.140. The van der Waals surface area contributed by atoms with E-state index < -0.39 is 5.97 Å². The number of hydrogen-bond acceptors (Lipinski definition) is 4. The molecule has 0 aromatic carbocycles. The summed E-state index contributed by atoms with van der Waals surface area (Å²) in [6.07, 6.45) is 4.72. The highest BCUT2D eigenvalue weighted by Gasteiger charge is 1.87. The minimum Gasteiger partial charge on any atom is -0.319 e. The van der Waals surface area contributed by atoms with E-state index in [0.717, 1.165) is 5.56 Å². The minimum atomic E-state index is -0.430. The van der Waals surface area contributed by atoms with Gasteiger partial charge in [-0.05, 0) is 17.7 Å². The van der Waals surface area contributed by atoms with Gasteiger partial charge in [-0.3, -0.25) is 4.98 Å². The van der Waals surface area contributed by atoms with E-state index in [2.05, 4.69) is 15.0 Å². The predicted molar refractivity (Wildman–Crippen MR) is 43.6 cm³/mol. The number of carbonyl (C=O) groups is 1. The first-order chi connectivity index (χ1) is 5.79. The summed E-state index contributed by atoms with van der Waals surface area (Å²) in [6.45, 7) is 1.30. The van der Waals surface area contributed by atoms with E-state index in [1.165, 1.54) is 13.1 Å². The highest BCUT2D eigenvalue weighted by molar-refractivity contribution is 5.79. The SMILES string of the molecule is CC(=O)O/N=C/c1ccncc1. The van der Waals surface area contributed by atoms with E-state index in [4.69, 9.17) is 0 Å². The van der Waals surface area contributed by atoms with Crippen molar-refractivity contribution in [1.82, 2.24) is 4.98 Å². The highest BCUT2D eigenvalue weighted by Crippen LogP contribution is 1.91. The van der Waals surface area contributed by atoms with Crippen LogP contribution in [0.3, 0.4) is 0 Å². The van der Waals surface area contributed by atoms with Gasteiger partial charge >= 0.3 is 5.97 Å². The molecule has 0 fully saturated rings. The Bertz CT molecular complexity index is 282. The third kappa shape index (κ3) is 2.92. The Morgan fingerprint density at radius 3 is 2.83 bits per heavy atom. The van der Waals surface area contributed by atoms with Crippen LogP contribution >= 0.6 is 0 Å². The third-order valence-electron chi connectivity index (χ3n) is 1.09. The fraction of sp³-hybridized carbons (Fsp3) is 0.125. The van der Waals surface area contributed by atoms with Crippen LogP contribution < -0.4 is 0 Å². The molecule has 1 heterocycles. The van der Waals surface area contributed by atoms with Gasteiger partial charge in [-0.25, -0.2) is 4.79 Å². The van der Waals surface area contributed by atoms with E-state index in [0.29, 0.717) is 0 Å². The Kier molecular flexibility index (Phi) is 2.95. The Morgan fingerprint density at radius 2 is 2.25 bits per heavy atom. The first-order valence-corrected chi connectivity index (χ1v) is 3.40. The number of aromatic nitrogens is 1. The molecule has 0 aliphatic carbocycles. The van der Waals surface area contributed by atoms with E-state index >= 15 is 0 Å². The normalized spacial score (nSPS) is 10.1. The summed E-state index contributed by atoms with van der Waals surface area (Å²) >= 11 is 0. The van der Waals surface area contributed by atoms with Gasteiger partial charge in [-0.1, -0.05) is 5.16 Å². The Balaban J connectivity index is 2.52. The largest absolute Gasteiger partial charge is 0.331 e. The Hall–Kier alpha value is -1.71. The van der Waals surface area contributed by atoms with Crippen molar-refractivity contribution >= 4 is 12.2 Å². The molecule has 0 N–H and O–H groups in total. The monoisotopic (exact) mass is 164 g/mol. The summed E-state index contributed by atoms with van der Waals surface area (Å²) in [5.41, 5.74) is 0.839. The molecule has 62 valence electrons. The summed E-state index contributed by atoms with van der Waals surface area (Å²) in [5.74, 6) is -0.430. The van der Waals surface area contributed by atoms with Crippen molar-refractivity contribution in [3.05, 3.63) is 30.1 Å². The molecule has 0 saturated carbocycles. The molecule has 0 spiro atoms. The molecular formula is C8H8N2O2. The maximum absolute atomic E-state index is 10.3. The Labute approximate surface area is 69.9 Å². The zero-order chi connectivity index (χ0) is 8.81. The van der Waals surface area contributed by atoms with Gasteiger partial charge in [0.15, 0.2) is 0 Å². The van der Waals surface area contributed by atoms with Crippen LogP contribution in [-0.2, 0) is 9.63 Å². The van der Waals surface area contributed by atoms with Crippen molar-refractivity contribution in [2.75, 3.05) is 0 Å². The summed E-state index contributed by atoms with van der Waals surface area (Å²) in [5, 5.41) is 3.44. The molecule has 4 nitrogen and oxygen atoms in total. The molecule has 0 atom stereocenters. The highest BCUT2D eigenvalue weighted by atomic mass is 16.7. The molecule has 0 unspecified atom stereocenters. The van der Waals surface area contributed by atoms with E-state index in [1.807, 2.05) is 0 Å². The van der Waals surface area contributed by atoms with Crippen LogP contribution in [0.1, 0.15) is 12.5 Å². The van der Waals surface area contributed by atoms with Gasteiger partial charge < -0.3 is 4.84 Å². The predicted octanol–water partition coefficient (Wildman–Crippen LogP) is 0.979. The molecule has 1 rings (SSSR count). The first-order valence-electron chi connectivity index (χ1n) is 3.40. The third-order valence-corrected chi connectivity index (χ3v) is 1.09. The lowest BCUT2D eigenvalue weighted by Crippen LogP contribution is -1.91. The zero-order valence-electron chi connectivity index (χ0n) is 6.60. The van der Waals surface area contributed by atoms with Crippen LogP contribution in [-0.4, -0.2) is 17.2 Å². The fourth-order valence-corrected chi connectivity index (χ4v) is 0.611. The van der Waals surface area contributed by atoms with Gasteiger partial charge in [-0.2, -0.15) is 0 Å². The van der Waals surface area contributed by atoms with Gasteiger partial charge in [0.1, 0.15) is 0 Å². The van der Waals surface area contributed by atoms with Crippen LogP contribution in [0.2, 0.25) is 0 Å². The van der Waals surface area contributed by atoms with E-state index in [-0.39, 0.29) is 0 Å². The minimum absolute atomic E-state index is 0.430. The first kappa shape index (κ1) is 8.39. The molecule has 0 amide bonds. The molecule has 0 saturated heterocycles. The molecular weight excluding hydrogens is 156 g/mol. The molecule has 0 radical (unpaired) electrons. The average molecular weight is 164 g/mol. The molecule has 4 heteroatoms. The molecule has 12 heavy (non-hydrogen) atoms. The number of pyridine rings is 1. The molecule has 0 aliphatic rings. The van der Waals surface area contributed by atoms with Crippen LogP contribution in [0.4, 0.5) is 0 Å². The smallest absolute Gasteiger partial charge is 0.319 e. The number of carbonyl (C=O) groups excluding carboxylic acids is 1. The summed E-state index contributed by atoms with van der Waals surface area (Å²) < 4.78 is 0. The number of nitrogens with zero attached hydrogens (tertiary/aromatic N) is 2. The van der Waals surface area contributed by atoms with Gasteiger partial charge in [0.2, 0.25) is 0 Å². The second kappa shape index (κ2) is 4.23. The number of rotatable bonds is 2. The maximum atomic E-state index is 10.3. The summed E-state index contributed by atoms with van der Waals surface area (Å²) in [6, 6.07) is 3.51. The lowest BCUT2D eigenvalue weighted by atomic mass is 10.3. The van der Waals surface area contributed by atoms with Crippen molar-refractivity contribution in [3.8, 4) is 0 Å². The number of hydrogen-bond donors (Lipinski definition) is 0. The van der Waals surface area contributed by atoms with Crippen LogP contribution in [0.25, 0.3) is 0 Å². The molecule has 1 aromatic rings. The van der Waals surface area contributed by atoms with Crippen molar-refractivity contribution in [2.24, 2.45) is 5.16 Å². The fourth-order valence-electron chi connectivity index (χ4n) is 0.611. The van der Waals surface area contributed by atoms with Crippen molar-refractivity contribution < 1.29 is 9.63 Å². The van der Waals surface area contributed by atoms with Crippen LogP contribution in [0.5, 0.6) is 0 Å². The number of oxime groups is 1. The van der Waals surface area contributed by atoms with Crippen molar-refractivity contribution in [3.63, 3.8) is 0 Å². The topological polar surface area (TPSA) is 51.5 Å². The quantitative estimate of drug-likeness (QED) is 0.372. The molecule has 0 aliphatic heterocycles.